The van der Waals surface area contributed by atoms with Crippen LogP contribution in [0.25, 0.3) is 0 Å². The van der Waals surface area contributed by atoms with Crippen molar-refractivity contribution in [2.75, 3.05) is 25.6 Å². The molecule has 0 atom stereocenters. The number of anilines is 2. The molecule has 0 aliphatic heterocycles. The first-order chi connectivity index (χ1) is 9.69. The summed E-state index contributed by atoms with van der Waals surface area (Å²) in [7, 11) is 1.63. The third kappa shape index (κ3) is 4.26. The standard InChI is InChI=1S/C12H14BrFN4O2/c1-19-5-4-15-7-11-17-18-12(20-11)16-10-3-2-8(13)6-9(10)14/h2-3,6,15H,4-5,7H2,1H3,(H,16,18). The van der Waals surface area contributed by atoms with Crippen molar-refractivity contribution >= 4 is 27.6 Å². The highest BCUT2D eigenvalue weighted by molar-refractivity contribution is 9.10. The summed E-state index contributed by atoms with van der Waals surface area (Å²) in [6.07, 6.45) is 0. The minimum absolute atomic E-state index is 0.148. The summed E-state index contributed by atoms with van der Waals surface area (Å²) in [5.74, 6) is 0.0125. The number of rotatable bonds is 7. The number of aromatic nitrogens is 2. The molecule has 2 aromatic rings. The first-order valence-electron chi connectivity index (χ1n) is 5.93. The average molecular weight is 345 g/mol. The molecule has 0 aliphatic rings. The Morgan fingerprint density at radius 2 is 2.25 bits per heavy atom. The van der Waals surface area contributed by atoms with Gasteiger partial charge < -0.3 is 19.8 Å². The average Bonchev–Trinajstić information content (AvgIpc) is 2.86. The Bertz CT molecular complexity index is 564. The summed E-state index contributed by atoms with van der Waals surface area (Å²) >= 11 is 3.19. The molecular weight excluding hydrogens is 331 g/mol. The van der Waals surface area contributed by atoms with Gasteiger partial charge in [0.25, 0.3) is 0 Å². The lowest BCUT2D eigenvalue weighted by Crippen LogP contribution is -2.18. The number of nitrogens with one attached hydrogen (secondary N) is 2. The first-order valence-corrected chi connectivity index (χ1v) is 6.72. The van der Waals surface area contributed by atoms with E-state index >= 15 is 0 Å². The molecule has 1 aromatic heterocycles. The van der Waals surface area contributed by atoms with Crippen LogP contribution in [0.4, 0.5) is 16.1 Å². The zero-order chi connectivity index (χ0) is 14.4. The van der Waals surface area contributed by atoms with Crippen LogP contribution in [0.15, 0.2) is 27.1 Å². The molecule has 1 heterocycles. The van der Waals surface area contributed by atoms with E-state index in [1.165, 1.54) is 6.07 Å². The van der Waals surface area contributed by atoms with E-state index in [0.29, 0.717) is 30.1 Å². The maximum atomic E-state index is 13.6. The number of ether oxygens (including phenoxy) is 1. The van der Waals surface area contributed by atoms with Crippen molar-refractivity contribution in [1.82, 2.24) is 15.5 Å². The summed E-state index contributed by atoms with van der Waals surface area (Å²) in [6.45, 7) is 1.72. The van der Waals surface area contributed by atoms with Crippen molar-refractivity contribution in [3.8, 4) is 0 Å². The van der Waals surface area contributed by atoms with Gasteiger partial charge in [0, 0.05) is 18.1 Å². The lowest BCUT2D eigenvalue weighted by Gasteiger charge is -2.03. The summed E-state index contributed by atoms with van der Waals surface area (Å²) in [5.41, 5.74) is 0.274. The number of hydrogen-bond acceptors (Lipinski definition) is 6. The molecule has 0 bridgehead atoms. The Balaban J connectivity index is 1.92. The maximum absolute atomic E-state index is 13.6. The van der Waals surface area contributed by atoms with E-state index in [0.717, 1.165) is 0 Å². The monoisotopic (exact) mass is 344 g/mol. The highest BCUT2D eigenvalue weighted by Crippen LogP contribution is 2.22. The normalized spacial score (nSPS) is 10.8. The van der Waals surface area contributed by atoms with E-state index in [4.69, 9.17) is 9.15 Å². The van der Waals surface area contributed by atoms with Gasteiger partial charge in [-0.1, -0.05) is 21.0 Å². The van der Waals surface area contributed by atoms with Gasteiger partial charge in [-0.15, -0.1) is 5.10 Å². The molecular formula is C12H14BrFN4O2. The fourth-order valence-electron chi connectivity index (χ4n) is 1.45. The third-order valence-corrected chi connectivity index (χ3v) is 2.89. The molecule has 6 nitrogen and oxygen atoms in total. The molecule has 1 aromatic carbocycles. The van der Waals surface area contributed by atoms with Gasteiger partial charge >= 0.3 is 6.01 Å². The van der Waals surface area contributed by atoms with Crippen molar-refractivity contribution < 1.29 is 13.5 Å². The molecule has 20 heavy (non-hydrogen) atoms. The Morgan fingerprint density at radius 1 is 1.40 bits per heavy atom. The van der Waals surface area contributed by atoms with Crippen LogP contribution in [0.5, 0.6) is 0 Å². The molecule has 8 heteroatoms. The SMILES string of the molecule is COCCNCc1nnc(Nc2ccc(Br)cc2F)o1. The van der Waals surface area contributed by atoms with Gasteiger partial charge in [0.1, 0.15) is 5.82 Å². The lowest BCUT2D eigenvalue weighted by molar-refractivity contribution is 0.198. The Hall–Kier alpha value is -1.51. The number of hydrogen-bond donors (Lipinski definition) is 2. The van der Waals surface area contributed by atoms with Crippen LogP contribution in [0.1, 0.15) is 5.89 Å². The molecule has 0 amide bonds. The van der Waals surface area contributed by atoms with Crippen LogP contribution in [-0.2, 0) is 11.3 Å². The highest BCUT2D eigenvalue weighted by atomic mass is 79.9. The van der Waals surface area contributed by atoms with Gasteiger partial charge in [-0.25, -0.2) is 4.39 Å². The predicted molar refractivity (Wildman–Crippen MR) is 75.3 cm³/mol. The quantitative estimate of drug-likeness (QED) is 0.751. The van der Waals surface area contributed by atoms with Crippen molar-refractivity contribution in [2.24, 2.45) is 0 Å². The fourth-order valence-corrected chi connectivity index (χ4v) is 1.78. The molecule has 2 N–H and O–H groups in total. The Labute approximate surface area is 123 Å². The minimum atomic E-state index is -0.405. The van der Waals surface area contributed by atoms with Crippen molar-refractivity contribution in [2.45, 2.75) is 6.54 Å². The number of nitrogens with zero attached hydrogens (tertiary/aromatic N) is 2. The van der Waals surface area contributed by atoms with E-state index in [9.17, 15) is 4.39 Å². The van der Waals surface area contributed by atoms with Gasteiger partial charge in [0.05, 0.1) is 18.8 Å². The smallest absolute Gasteiger partial charge is 0.320 e. The molecule has 0 saturated heterocycles. The van der Waals surface area contributed by atoms with Crippen LogP contribution >= 0.6 is 15.9 Å². The first kappa shape index (κ1) is 14.9. The third-order valence-electron chi connectivity index (χ3n) is 2.40. The lowest BCUT2D eigenvalue weighted by atomic mass is 10.3. The van der Waals surface area contributed by atoms with Crippen molar-refractivity contribution in [3.05, 3.63) is 34.4 Å². The van der Waals surface area contributed by atoms with E-state index in [1.54, 1.807) is 19.2 Å². The molecule has 0 saturated carbocycles. The molecule has 108 valence electrons. The summed E-state index contributed by atoms with van der Waals surface area (Å²) in [4.78, 5) is 0. The second-order valence-corrected chi connectivity index (χ2v) is 4.84. The largest absolute Gasteiger partial charge is 0.406 e. The van der Waals surface area contributed by atoms with Crippen molar-refractivity contribution in [3.63, 3.8) is 0 Å². The number of benzene rings is 1. The number of halogens is 2. The van der Waals surface area contributed by atoms with Gasteiger partial charge in [-0.3, -0.25) is 0 Å². The summed E-state index contributed by atoms with van der Waals surface area (Å²) in [5, 5.41) is 13.4. The molecule has 0 radical (unpaired) electrons. The van der Waals surface area contributed by atoms with Crippen LogP contribution < -0.4 is 10.6 Å². The summed E-state index contributed by atoms with van der Waals surface area (Å²) < 4.78 is 24.5. The molecule has 0 aliphatic carbocycles. The molecule has 0 fully saturated rings. The Morgan fingerprint density at radius 3 is 3.00 bits per heavy atom. The summed E-state index contributed by atoms with van der Waals surface area (Å²) in [6, 6.07) is 4.80. The van der Waals surface area contributed by atoms with Crippen LogP contribution in [0.2, 0.25) is 0 Å². The molecule has 0 spiro atoms. The molecule has 2 rings (SSSR count). The highest BCUT2D eigenvalue weighted by Gasteiger charge is 2.09. The van der Waals surface area contributed by atoms with E-state index in [2.05, 4.69) is 36.8 Å². The van der Waals surface area contributed by atoms with Crippen molar-refractivity contribution in [1.29, 1.82) is 0 Å². The van der Waals surface area contributed by atoms with Crippen LogP contribution in [0, 0.1) is 5.82 Å². The topological polar surface area (TPSA) is 72.2 Å². The van der Waals surface area contributed by atoms with Gasteiger partial charge in [0.15, 0.2) is 0 Å². The van der Waals surface area contributed by atoms with E-state index < -0.39 is 5.82 Å². The van der Waals surface area contributed by atoms with E-state index in [-0.39, 0.29) is 11.7 Å². The zero-order valence-electron chi connectivity index (χ0n) is 10.8. The van der Waals surface area contributed by atoms with E-state index in [1.807, 2.05) is 0 Å². The second-order valence-electron chi connectivity index (χ2n) is 3.92. The van der Waals surface area contributed by atoms with Gasteiger partial charge in [-0.05, 0) is 18.2 Å². The van der Waals surface area contributed by atoms with Crippen LogP contribution in [0.3, 0.4) is 0 Å². The molecule has 0 unspecified atom stereocenters. The van der Waals surface area contributed by atoms with Gasteiger partial charge in [0.2, 0.25) is 5.89 Å². The minimum Gasteiger partial charge on any atom is -0.406 e. The van der Waals surface area contributed by atoms with Gasteiger partial charge in [-0.2, -0.15) is 0 Å². The predicted octanol–water partition coefficient (Wildman–Crippen LogP) is 2.45. The maximum Gasteiger partial charge on any atom is 0.320 e. The fraction of sp³-hybridized carbons (Fsp3) is 0.333. The van der Waals surface area contributed by atoms with Crippen LogP contribution in [-0.4, -0.2) is 30.5 Å². The zero-order valence-corrected chi connectivity index (χ0v) is 12.4. The second kappa shape index (κ2) is 7.32. The Kier molecular flexibility index (Phi) is 5.45. The number of methoxy groups -OCH3 is 1.